The molecule has 3 rings (SSSR count). The zero-order valence-electron chi connectivity index (χ0n) is 15.9. The van der Waals surface area contributed by atoms with E-state index in [0.29, 0.717) is 0 Å². The van der Waals surface area contributed by atoms with Crippen molar-refractivity contribution in [1.82, 2.24) is 4.90 Å². The van der Waals surface area contributed by atoms with Crippen LogP contribution in [0.2, 0.25) is 0 Å². The Morgan fingerprint density at radius 1 is 1.23 bits per heavy atom. The molecule has 0 aromatic heterocycles. The Morgan fingerprint density at radius 2 is 1.93 bits per heavy atom. The number of carbonyl (C=O) groups is 3. The summed E-state index contributed by atoms with van der Waals surface area (Å²) in [5, 5.41) is 20.9. The number of carboxylic acid groups (broad SMARTS) is 1. The smallest absolute Gasteiger partial charge is 0.326 e. The van der Waals surface area contributed by atoms with E-state index in [1.54, 1.807) is 0 Å². The van der Waals surface area contributed by atoms with Crippen molar-refractivity contribution in [1.29, 1.82) is 0 Å². The van der Waals surface area contributed by atoms with Crippen LogP contribution in [-0.2, 0) is 16.2 Å². The number of carboxylic acids is 1. The minimum absolute atomic E-state index is 0.0527. The Kier molecular flexibility index (Phi) is 5.95. The highest BCUT2D eigenvalue weighted by Gasteiger charge is 2.41. The lowest BCUT2D eigenvalue weighted by atomic mass is 10.1. The lowest BCUT2D eigenvalue weighted by molar-refractivity contribution is -0.385. The monoisotopic (exact) mass is 414 g/mol. The van der Waals surface area contributed by atoms with Crippen molar-refractivity contribution in [3.05, 3.63) is 63.7 Å². The van der Waals surface area contributed by atoms with E-state index in [9.17, 15) is 29.6 Å². The van der Waals surface area contributed by atoms with Gasteiger partial charge in [0.15, 0.2) is 17.3 Å². The molecule has 1 N–H and O–H groups in total. The van der Waals surface area contributed by atoms with Crippen LogP contribution in [0.1, 0.15) is 22.3 Å². The van der Waals surface area contributed by atoms with E-state index < -0.39 is 40.9 Å². The maximum atomic E-state index is 12.9. The van der Waals surface area contributed by atoms with Gasteiger partial charge in [0, 0.05) is 12.5 Å². The third-order valence-corrected chi connectivity index (χ3v) is 4.64. The van der Waals surface area contributed by atoms with Crippen LogP contribution in [0.25, 0.3) is 0 Å². The molecule has 2 aromatic rings. The molecule has 0 aliphatic carbocycles. The molecule has 1 aliphatic rings. The topological polar surface area (TPSA) is 136 Å². The fraction of sp³-hybridized carbons (Fsp3) is 0.250. The first-order valence-corrected chi connectivity index (χ1v) is 8.90. The number of nitrogens with zero attached hydrogens (tertiary/aromatic N) is 2. The first-order chi connectivity index (χ1) is 14.3. The van der Waals surface area contributed by atoms with Gasteiger partial charge >= 0.3 is 5.97 Å². The molecule has 0 unspecified atom stereocenters. The molecule has 1 heterocycles. The third kappa shape index (κ3) is 4.22. The Bertz CT molecular complexity index is 1010. The van der Waals surface area contributed by atoms with E-state index >= 15 is 0 Å². The van der Waals surface area contributed by atoms with Crippen LogP contribution in [-0.4, -0.2) is 52.3 Å². The number of hydrogen-bond acceptors (Lipinski definition) is 7. The van der Waals surface area contributed by atoms with Crippen molar-refractivity contribution >= 4 is 23.3 Å². The number of ether oxygens (including phenoxy) is 2. The lowest BCUT2D eigenvalue weighted by Crippen LogP contribution is -2.40. The summed E-state index contributed by atoms with van der Waals surface area (Å²) in [5.41, 5.74) is -0.139. The van der Waals surface area contributed by atoms with Crippen LogP contribution in [0.5, 0.6) is 11.5 Å². The molecule has 30 heavy (non-hydrogen) atoms. The van der Waals surface area contributed by atoms with Crippen LogP contribution in [0, 0.1) is 10.1 Å². The molecule has 0 spiro atoms. The number of amides is 1. The number of benzene rings is 2. The van der Waals surface area contributed by atoms with Crippen molar-refractivity contribution in [2.45, 2.75) is 19.1 Å². The standard InChI is InChI=1S/C20H18N2O8/c1-29-17-8-14(19(24)21-10-13(23)7-16(21)20(25)26)15(22(27)28)9-18(17)30-11-12-5-3-2-4-6-12/h2-6,8-9,16H,7,10-11H2,1H3,(H,25,26)/t16-/m0/s1. The molecule has 1 amide bonds. The minimum Gasteiger partial charge on any atom is -0.493 e. The predicted octanol–water partition coefficient (Wildman–Crippen LogP) is 2.05. The van der Waals surface area contributed by atoms with Gasteiger partial charge in [-0.3, -0.25) is 19.7 Å². The van der Waals surface area contributed by atoms with Crippen molar-refractivity contribution in [3.63, 3.8) is 0 Å². The summed E-state index contributed by atoms with van der Waals surface area (Å²) >= 11 is 0. The number of aliphatic carboxylic acids is 1. The van der Waals surface area contributed by atoms with Gasteiger partial charge in [-0.15, -0.1) is 0 Å². The van der Waals surface area contributed by atoms with Crippen molar-refractivity contribution in [2.75, 3.05) is 13.7 Å². The van der Waals surface area contributed by atoms with Gasteiger partial charge in [0.05, 0.1) is 24.6 Å². The highest BCUT2D eigenvalue weighted by atomic mass is 16.6. The van der Waals surface area contributed by atoms with Crippen molar-refractivity contribution in [3.8, 4) is 11.5 Å². The van der Waals surface area contributed by atoms with Crippen LogP contribution in [0.15, 0.2) is 42.5 Å². The Morgan fingerprint density at radius 3 is 2.53 bits per heavy atom. The summed E-state index contributed by atoms with van der Waals surface area (Å²) in [5.74, 6) is -2.61. The minimum atomic E-state index is -1.37. The summed E-state index contributed by atoms with van der Waals surface area (Å²) in [7, 11) is 1.31. The zero-order valence-corrected chi connectivity index (χ0v) is 15.9. The summed E-state index contributed by atoms with van der Waals surface area (Å²) in [4.78, 5) is 47.6. The van der Waals surface area contributed by atoms with Gasteiger partial charge in [0.25, 0.3) is 11.6 Å². The summed E-state index contributed by atoms with van der Waals surface area (Å²) in [6, 6.07) is 9.91. The third-order valence-electron chi connectivity index (χ3n) is 4.64. The molecule has 1 fully saturated rings. The van der Waals surface area contributed by atoms with Crippen molar-refractivity contribution < 1.29 is 33.9 Å². The molecule has 1 aliphatic heterocycles. The highest BCUT2D eigenvalue weighted by molar-refractivity contribution is 6.05. The number of nitro groups is 1. The van der Waals surface area contributed by atoms with Crippen LogP contribution in [0.4, 0.5) is 5.69 Å². The molecule has 1 saturated heterocycles. The maximum absolute atomic E-state index is 12.9. The van der Waals surface area contributed by atoms with Gasteiger partial charge < -0.3 is 19.5 Å². The number of ketones is 1. The largest absolute Gasteiger partial charge is 0.493 e. The van der Waals surface area contributed by atoms with E-state index in [-0.39, 0.29) is 30.1 Å². The number of methoxy groups -OCH3 is 1. The molecule has 10 heteroatoms. The van der Waals surface area contributed by atoms with Crippen molar-refractivity contribution in [2.24, 2.45) is 0 Å². The summed E-state index contributed by atoms with van der Waals surface area (Å²) in [6.07, 6.45) is -0.343. The second kappa shape index (κ2) is 8.60. The summed E-state index contributed by atoms with van der Waals surface area (Å²) < 4.78 is 10.9. The van der Waals surface area contributed by atoms with E-state index in [1.165, 1.54) is 7.11 Å². The fourth-order valence-corrected chi connectivity index (χ4v) is 3.16. The number of nitro benzene ring substituents is 1. The molecule has 1 atom stereocenters. The van der Waals surface area contributed by atoms with Crippen LogP contribution < -0.4 is 9.47 Å². The Hall–Kier alpha value is -3.95. The molecule has 0 bridgehead atoms. The lowest BCUT2D eigenvalue weighted by Gasteiger charge is -2.21. The SMILES string of the molecule is COc1cc(C(=O)N2CC(=O)C[C@H]2C(=O)O)c([N+](=O)[O-])cc1OCc1ccccc1. The van der Waals surface area contributed by atoms with Gasteiger partial charge in [-0.1, -0.05) is 30.3 Å². The van der Waals surface area contributed by atoms with Crippen LogP contribution >= 0.6 is 0 Å². The highest BCUT2D eigenvalue weighted by Crippen LogP contribution is 2.36. The molecular weight excluding hydrogens is 396 g/mol. The van der Waals surface area contributed by atoms with Gasteiger partial charge in [0.1, 0.15) is 18.2 Å². The average Bonchev–Trinajstić information content (AvgIpc) is 3.13. The number of carbonyl (C=O) groups excluding carboxylic acids is 2. The van der Waals surface area contributed by atoms with E-state index in [0.717, 1.165) is 22.6 Å². The first-order valence-electron chi connectivity index (χ1n) is 8.90. The Balaban J connectivity index is 1.96. The van der Waals surface area contributed by atoms with Gasteiger partial charge in [-0.2, -0.15) is 0 Å². The molecule has 156 valence electrons. The zero-order chi connectivity index (χ0) is 21.8. The number of likely N-dealkylation sites (tertiary alicyclic amines) is 1. The molecule has 0 radical (unpaired) electrons. The quantitative estimate of drug-likeness (QED) is 0.537. The van der Waals surface area contributed by atoms with Gasteiger partial charge in [-0.05, 0) is 5.56 Å². The Labute approximate surface area is 170 Å². The fourth-order valence-electron chi connectivity index (χ4n) is 3.16. The maximum Gasteiger partial charge on any atom is 0.326 e. The second-order valence-corrected chi connectivity index (χ2v) is 6.58. The molecule has 0 saturated carbocycles. The van der Waals surface area contributed by atoms with Gasteiger partial charge in [-0.25, -0.2) is 4.79 Å². The molecule has 10 nitrogen and oxygen atoms in total. The van der Waals surface area contributed by atoms with E-state index in [1.807, 2.05) is 30.3 Å². The average molecular weight is 414 g/mol. The molecule has 2 aromatic carbocycles. The van der Waals surface area contributed by atoms with E-state index in [4.69, 9.17) is 9.47 Å². The van der Waals surface area contributed by atoms with Gasteiger partial charge in [0.2, 0.25) is 0 Å². The van der Waals surface area contributed by atoms with E-state index in [2.05, 4.69) is 0 Å². The second-order valence-electron chi connectivity index (χ2n) is 6.58. The number of Topliss-reactive ketones (excluding diaryl/α,β-unsaturated/α-hetero) is 1. The van der Waals surface area contributed by atoms with Crippen LogP contribution in [0.3, 0.4) is 0 Å². The first kappa shape index (κ1) is 20.8. The number of hydrogen-bond donors (Lipinski definition) is 1. The molecular formula is C20H18N2O8. The summed E-state index contributed by atoms with van der Waals surface area (Å²) in [6.45, 7) is -0.315. The predicted molar refractivity (Wildman–Crippen MR) is 103 cm³/mol. The normalized spacial score (nSPS) is 15.7. The number of rotatable bonds is 7.